The van der Waals surface area contributed by atoms with Gasteiger partial charge in [-0.05, 0) is 82.7 Å². The normalized spacial score (nSPS) is 26.9. The molecule has 3 aliphatic heterocycles. The summed E-state index contributed by atoms with van der Waals surface area (Å²) in [5.41, 5.74) is 1.29. The highest BCUT2D eigenvalue weighted by atomic mass is 19.1. The molecule has 2 aromatic carbocycles. The molecule has 9 atom stereocenters. The summed E-state index contributed by atoms with van der Waals surface area (Å²) in [6, 6.07) is 0.333. The highest BCUT2D eigenvalue weighted by Gasteiger charge is 2.47. The molecular weight excluding hydrogens is 760 g/mol. The second kappa shape index (κ2) is 18.3. The number of nitrogens with one attached hydrogen (secondary N) is 4. The van der Waals surface area contributed by atoms with Gasteiger partial charge in [0.1, 0.15) is 54.0 Å². The van der Waals surface area contributed by atoms with Crippen molar-refractivity contribution < 1.29 is 52.2 Å². The van der Waals surface area contributed by atoms with E-state index in [0.717, 1.165) is 22.6 Å². The van der Waals surface area contributed by atoms with Crippen molar-refractivity contribution in [2.45, 2.75) is 109 Å². The molecule has 0 spiro atoms. The van der Waals surface area contributed by atoms with Crippen LogP contribution in [0.15, 0.2) is 42.5 Å². The zero-order valence-corrected chi connectivity index (χ0v) is 33.3. The summed E-state index contributed by atoms with van der Waals surface area (Å²) in [5.74, 6) is -6.91. The van der Waals surface area contributed by atoms with E-state index in [0.29, 0.717) is 18.2 Å². The van der Waals surface area contributed by atoms with Gasteiger partial charge in [0.25, 0.3) is 0 Å². The van der Waals surface area contributed by atoms with Gasteiger partial charge in [0.15, 0.2) is 0 Å². The molecule has 7 amide bonds. The average Bonchev–Trinajstić information content (AvgIpc) is 3.80. The van der Waals surface area contributed by atoms with Gasteiger partial charge in [-0.2, -0.15) is 0 Å². The Morgan fingerprint density at radius 1 is 0.948 bits per heavy atom. The maximum absolute atomic E-state index is 14.6. The Labute approximate surface area is 335 Å². The van der Waals surface area contributed by atoms with Crippen molar-refractivity contribution in [3.8, 4) is 0 Å². The van der Waals surface area contributed by atoms with E-state index >= 15 is 0 Å². The molecule has 18 heteroatoms. The molecule has 314 valence electrons. The predicted octanol–water partition coefficient (Wildman–Crippen LogP) is 1.38. The number of esters is 1. The molecule has 0 aliphatic carbocycles. The number of carbonyl (C=O) groups is 7. The molecular formula is C40H51F2N7O9. The zero-order valence-electron chi connectivity index (χ0n) is 33.3. The number of urea groups is 1. The lowest BCUT2D eigenvalue weighted by molar-refractivity contribution is -0.163. The molecule has 1 unspecified atom stereocenters. The van der Waals surface area contributed by atoms with Crippen molar-refractivity contribution in [2.24, 2.45) is 5.92 Å². The number of aliphatic hydroxyl groups excluding tert-OH is 1. The van der Waals surface area contributed by atoms with Crippen LogP contribution in [0.4, 0.5) is 19.3 Å². The van der Waals surface area contributed by atoms with E-state index in [4.69, 9.17) is 4.74 Å². The monoisotopic (exact) mass is 811 g/mol. The van der Waals surface area contributed by atoms with Crippen LogP contribution in [-0.2, 0) is 39.9 Å². The Balaban J connectivity index is 1.51. The van der Waals surface area contributed by atoms with E-state index in [1.807, 2.05) is 13.8 Å². The van der Waals surface area contributed by atoms with E-state index in [9.17, 15) is 47.4 Å². The minimum Gasteiger partial charge on any atom is -0.458 e. The molecule has 5 rings (SSSR count). The first-order valence-corrected chi connectivity index (χ1v) is 19.3. The van der Waals surface area contributed by atoms with Crippen molar-refractivity contribution in [1.82, 2.24) is 30.7 Å². The predicted molar refractivity (Wildman–Crippen MR) is 205 cm³/mol. The summed E-state index contributed by atoms with van der Waals surface area (Å²) in [6.07, 6.45) is -2.58. The van der Waals surface area contributed by atoms with Crippen molar-refractivity contribution in [2.75, 3.05) is 25.5 Å². The van der Waals surface area contributed by atoms with E-state index in [1.54, 1.807) is 24.3 Å². The van der Waals surface area contributed by atoms with Crippen LogP contribution in [0.2, 0.25) is 0 Å². The number of hydrogen-bond donors (Lipinski definition) is 5. The first-order valence-electron chi connectivity index (χ1n) is 19.3. The standard InChI is InChI=1S/C40H51F2N7O9/c1-20-9-11-28(12-10-20)44-40(57)45-29(17-25-15-26(41)18-27(42)16-25)34(51)46-32-24(5)58-39(56)31-14-21(2)19-49(31)36(53)22(3)43-35(52)33(23(4)50)47(6)37(54)30-8-7-13-48(30)38(32)55/h9-12,15-16,18,21-24,29-33,50H,7-8,13-14,17,19H2,1-6H3,(H,43,52)(H,46,51)(H2,44,45,57)/t21-,22+,23+,24?,29+,30+,31+,32+,33+/m1/s1. The number of halogens is 2. The van der Waals surface area contributed by atoms with Crippen molar-refractivity contribution in [3.05, 3.63) is 65.2 Å². The van der Waals surface area contributed by atoms with Gasteiger partial charge in [0.05, 0.1) is 6.10 Å². The Kier molecular flexibility index (Phi) is 13.7. The fraction of sp³-hybridized carbons (Fsp3) is 0.525. The first kappa shape index (κ1) is 43.5. The number of aliphatic hydroxyl groups is 1. The minimum atomic E-state index is -1.69. The highest BCUT2D eigenvalue weighted by Crippen LogP contribution is 2.27. The van der Waals surface area contributed by atoms with E-state index < -0.39 is 108 Å². The second-order valence-electron chi connectivity index (χ2n) is 15.5. The number of amides is 7. The number of likely N-dealkylation sites (N-methyl/N-ethyl adjacent to an activating group) is 1. The van der Waals surface area contributed by atoms with Gasteiger partial charge in [-0.25, -0.2) is 18.4 Å². The van der Waals surface area contributed by atoms with Crippen LogP contribution in [0.1, 0.15) is 58.1 Å². The lowest BCUT2D eigenvalue weighted by atomic mass is 10.0. The van der Waals surface area contributed by atoms with Crippen LogP contribution in [-0.4, -0.2) is 130 Å². The molecule has 0 bridgehead atoms. The average molecular weight is 812 g/mol. The molecule has 0 aromatic heterocycles. The summed E-state index contributed by atoms with van der Waals surface area (Å²) in [7, 11) is 1.30. The zero-order chi connectivity index (χ0) is 42.6. The number of fused-ring (bicyclic) bond motifs is 2. The van der Waals surface area contributed by atoms with Crippen LogP contribution in [0.3, 0.4) is 0 Å². The van der Waals surface area contributed by atoms with Gasteiger partial charge in [-0.15, -0.1) is 0 Å². The minimum absolute atomic E-state index is 0.00337. The number of cyclic esters (lactones) is 1. The Bertz CT molecular complexity index is 1890. The molecule has 3 saturated heterocycles. The quantitative estimate of drug-likeness (QED) is 0.256. The van der Waals surface area contributed by atoms with E-state index in [1.165, 1.54) is 37.6 Å². The van der Waals surface area contributed by atoms with E-state index in [2.05, 4.69) is 21.3 Å². The number of anilines is 1. The topological polar surface area (TPSA) is 207 Å². The molecule has 3 heterocycles. The summed E-state index contributed by atoms with van der Waals surface area (Å²) in [6.45, 7) is 7.92. The number of ether oxygens (including phenoxy) is 1. The lowest BCUT2D eigenvalue weighted by Gasteiger charge is -2.37. The SMILES string of the molecule is Cc1ccc(NC(=O)N[C@@H](Cc2cc(F)cc(F)c2)C(=O)N[C@@H]2C(=O)N3CCC[C@H]3C(=O)N(C)[C@@H]([C@H](C)O)C(=O)N[C@@H](C)C(=O)N3C[C@H](C)C[C@H]3C(=O)OC2C)cc1. The second-order valence-corrected chi connectivity index (χ2v) is 15.5. The Morgan fingerprint density at radius 3 is 2.24 bits per heavy atom. The third-order valence-corrected chi connectivity index (χ3v) is 10.7. The van der Waals surface area contributed by atoms with Gasteiger partial charge in [0, 0.05) is 38.3 Å². The van der Waals surface area contributed by atoms with Crippen LogP contribution in [0.25, 0.3) is 0 Å². The molecule has 58 heavy (non-hydrogen) atoms. The third kappa shape index (κ3) is 10.1. The molecule has 3 fully saturated rings. The Hall–Kier alpha value is -5.65. The fourth-order valence-corrected chi connectivity index (χ4v) is 7.78. The van der Waals surface area contributed by atoms with Crippen LogP contribution >= 0.6 is 0 Å². The molecule has 0 saturated carbocycles. The van der Waals surface area contributed by atoms with Crippen LogP contribution < -0.4 is 21.3 Å². The number of aryl methyl sites for hydroxylation is 1. The van der Waals surface area contributed by atoms with Crippen LogP contribution in [0.5, 0.6) is 0 Å². The van der Waals surface area contributed by atoms with Crippen molar-refractivity contribution in [3.63, 3.8) is 0 Å². The maximum atomic E-state index is 14.6. The lowest BCUT2D eigenvalue weighted by Crippen LogP contribution is -2.63. The van der Waals surface area contributed by atoms with Crippen LogP contribution in [0, 0.1) is 24.5 Å². The number of carbonyl (C=O) groups excluding carboxylic acids is 7. The van der Waals surface area contributed by atoms with Crippen molar-refractivity contribution in [1.29, 1.82) is 0 Å². The highest BCUT2D eigenvalue weighted by molar-refractivity contribution is 5.98. The summed E-state index contributed by atoms with van der Waals surface area (Å²) in [5, 5.41) is 20.9. The maximum Gasteiger partial charge on any atom is 0.329 e. The van der Waals surface area contributed by atoms with Gasteiger partial charge in [-0.3, -0.25) is 24.0 Å². The third-order valence-electron chi connectivity index (χ3n) is 10.7. The smallest absolute Gasteiger partial charge is 0.329 e. The molecule has 5 N–H and O–H groups in total. The summed E-state index contributed by atoms with van der Waals surface area (Å²) < 4.78 is 34.4. The molecule has 2 aromatic rings. The van der Waals surface area contributed by atoms with Gasteiger partial charge in [-0.1, -0.05) is 24.6 Å². The fourth-order valence-electron chi connectivity index (χ4n) is 7.78. The summed E-state index contributed by atoms with van der Waals surface area (Å²) in [4.78, 5) is 101. The number of hydrogen-bond acceptors (Lipinski definition) is 9. The molecule has 16 nitrogen and oxygen atoms in total. The van der Waals surface area contributed by atoms with Gasteiger partial charge >= 0.3 is 12.0 Å². The molecule has 3 aliphatic rings. The first-order chi connectivity index (χ1) is 27.3. The molecule has 0 radical (unpaired) electrons. The largest absolute Gasteiger partial charge is 0.458 e. The number of rotatable bonds is 7. The van der Waals surface area contributed by atoms with Gasteiger partial charge in [0.2, 0.25) is 29.5 Å². The van der Waals surface area contributed by atoms with Crippen molar-refractivity contribution >= 4 is 47.2 Å². The number of benzene rings is 2. The summed E-state index contributed by atoms with van der Waals surface area (Å²) >= 11 is 0. The van der Waals surface area contributed by atoms with E-state index in [-0.39, 0.29) is 37.4 Å². The Morgan fingerprint density at radius 2 is 1.60 bits per heavy atom. The number of nitrogens with zero attached hydrogens (tertiary/aromatic N) is 3. The van der Waals surface area contributed by atoms with Gasteiger partial charge < -0.3 is 45.8 Å².